The average molecular weight is 363 g/mol. The standard InChI is InChI=1S/C22H34O4/c1-12-9-15-17-6-5-16(13(2)23)20(17,3)11-18(25)19(15)21(4)8-7-14(24)10-22(12,21)26/h12,15-19,25-26H,5-11H2,1-4H3/t12-,15+,16-,17+,18-,19-,20-,21-,22+/m1/s1. The van der Waals surface area contributed by atoms with E-state index in [1.54, 1.807) is 6.92 Å². The van der Waals surface area contributed by atoms with Gasteiger partial charge in [0.05, 0.1) is 11.7 Å². The van der Waals surface area contributed by atoms with Gasteiger partial charge in [-0.15, -0.1) is 0 Å². The van der Waals surface area contributed by atoms with Crippen molar-refractivity contribution in [3.63, 3.8) is 0 Å². The topological polar surface area (TPSA) is 74.6 Å². The summed E-state index contributed by atoms with van der Waals surface area (Å²) in [6, 6.07) is 0. The van der Waals surface area contributed by atoms with Crippen molar-refractivity contribution in [3.8, 4) is 0 Å². The molecule has 2 N–H and O–H groups in total. The molecule has 4 saturated carbocycles. The van der Waals surface area contributed by atoms with Crippen molar-refractivity contribution in [3.05, 3.63) is 0 Å². The van der Waals surface area contributed by atoms with E-state index in [-0.39, 0.29) is 41.2 Å². The Hall–Kier alpha value is -0.740. The van der Waals surface area contributed by atoms with E-state index < -0.39 is 17.1 Å². The highest BCUT2D eigenvalue weighted by Gasteiger charge is 2.69. The van der Waals surface area contributed by atoms with Crippen molar-refractivity contribution in [2.24, 2.45) is 40.4 Å². The molecule has 0 radical (unpaired) electrons. The van der Waals surface area contributed by atoms with Gasteiger partial charge in [-0.2, -0.15) is 0 Å². The molecule has 4 heteroatoms. The first kappa shape index (κ1) is 18.6. The van der Waals surface area contributed by atoms with Crippen LogP contribution in [-0.4, -0.2) is 33.5 Å². The van der Waals surface area contributed by atoms with Crippen molar-refractivity contribution >= 4 is 11.6 Å². The predicted molar refractivity (Wildman–Crippen MR) is 98.3 cm³/mol. The van der Waals surface area contributed by atoms with Crippen molar-refractivity contribution in [1.82, 2.24) is 0 Å². The molecule has 4 nitrogen and oxygen atoms in total. The zero-order valence-electron chi connectivity index (χ0n) is 16.6. The van der Waals surface area contributed by atoms with Crippen molar-refractivity contribution in [2.75, 3.05) is 0 Å². The van der Waals surface area contributed by atoms with Gasteiger partial charge in [-0.1, -0.05) is 20.8 Å². The second-order valence-electron chi connectivity index (χ2n) is 10.5. The molecule has 0 bridgehead atoms. The molecule has 0 aliphatic heterocycles. The zero-order chi connectivity index (χ0) is 19.1. The average Bonchev–Trinajstić information content (AvgIpc) is 2.87. The summed E-state index contributed by atoms with van der Waals surface area (Å²) in [6.07, 6.45) is 4.40. The molecule has 146 valence electrons. The van der Waals surface area contributed by atoms with Crippen LogP contribution in [0.15, 0.2) is 0 Å². The van der Waals surface area contributed by atoms with E-state index in [1.807, 2.05) is 0 Å². The number of Topliss-reactive ketones (excluding diaryl/α,β-unsaturated/α-hetero) is 2. The van der Waals surface area contributed by atoms with Gasteiger partial charge in [0.1, 0.15) is 11.6 Å². The van der Waals surface area contributed by atoms with Gasteiger partial charge in [0.2, 0.25) is 0 Å². The maximum atomic E-state index is 12.3. The minimum absolute atomic E-state index is 0.0283. The number of fused-ring (bicyclic) bond motifs is 5. The second-order valence-corrected chi connectivity index (χ2v) is 10.5. The van der Waals surface area contributed by atoms with Crippen LogP contribution in [0.5, 0.6) is 0 Å². The molecule has 0 saturated heterocycles. The molecule has 4 aliphatic rings. The number of hydrogen-bond donors (Lipinski definition) is 2. The van der Waals surface area contributed by atoms with Crippen LogP contribution in [-0.2, 0) is 9.59 Å². The van der Waals surface area contributed by atoms with E-state index in [0.717, 1.165) is 19.3 Å². The smallest absolute Gasteiger partial charge is 0.135 e. The number of aliphatic hydroxyl groups excluding tert-OH is 1. The Morgan fingerprint density at radius 1 is 1.23 bits per heavy atom. The predicted octanol–water partition coefficient (Wildman–Crippen LogP) is 3.14. The quantitative estimate of drug-likeness (QED) is 0.751. The Morgan fingerprint density at radius 2 is 1.92 bits per heavy atom. The summed E-state index contributed by atoms with van der Waals surface area (Å²) in [6.45, 7) is 8.13. The van der Waals surface area contributed by atoms with E-state index >= 15 is 0 Å². The number of aliphatic hydroxyl groups is 2. The van der Waals surface area contributed by atoms with Crippen molar-refractivity contribution < 1.29 is 19.8 Å². The summed E-state index contributed by atoms with van der Waals surface area (Å²) in [5, 5.41) is 22.9. The highest BCUT2D eigenvalue weighted by atomic mass is 16.3. The van der Waals surface area contributed by atoms with Crippen LogP contribution in [0, 0.1) is 40.4 Å². The Kier molecular flexibility index (Phi) is 4.03. The molecule has 0 aromatic heterocycles. The third-order valence-corrected chi connectivity index (χ3v) is 9.50. The van der Waals surface area contributed by atoms with Gasteiger partial charge >= 0.3 is 0 Å². The molecule has 9 atom stereocenters. The molecule has 4 fully saturated rings. The molecule has 0 unspecified atom stereocenters. The number of ketones is 2. The van der Waals surface area contributed by atoms with Gasteiger partial charge in [0, 0.05) is 24.2 Å². The van der Waals surface area contributed by atoms with Gasteiger partial charge in [0.25, 0.3) is 0 Å². The molecular formula is C22H34O4. The highest BCUT2D eigenvalue weighted by Crippen LogP contribution is 2.69. The molecule has 4 aliphatic carbocycles. The summed E-state index contributed by atoms with van der Waals surface area (Å²) in [5.74, 6) is 1.32. The number of rotatable bonds is 1. The van der Waals surface area contributed by atoms with Crippen LogP contribution in [0.2, 0.25) is 0 Å². The summed E-state index contributed by atoms with van der Waals surface area (Å²) in [7, 11) is 0. The maximum absolute atomic E-state index is 12.3. The molecule has 26 heavy (non-hydrogen) atoms. The maximum Gasteiger partial charge on any atom is 0.135 e. The van der Waals surface area contributed by atoms with Crippen LogP contribution in [0.25, 0.3) is 0 Å². The Morgan fingerprint density at radius 3 is 2.58 bits per heavy atom. The fourth-order valence-corrected chi connectivity index (χ4v) is 8.25. The largest absolute Gasteiger partial charge is 0.393 e. The normalized spacial score (nSPS) is 56.5. The molecule has 0 amide bonds. The minimum atomic E-state index is -1.00. The monoisotopic (exact) mass is 362 g/mol. The van der Waals surface area contributed by atoms with Crippen LogP contribution in [0.3, 0.4) is 0 Å². The van der Waals surface area contributed by atoms with Crippen molar-refractivity contribution in [2.45, 2.75) is 84.3 Å². The van der Waals surface area contributed by atoms with Gasteiger partial charge in [-0.3, -0.25) is 9.59 Å². The van der Waals surface area contributed by atoms with Gasteiger partial charge in [0.15, 0.2) is 0 Å². The number of carbonyl (C=O) groups excluding carboxylic acids is 2. The fraction of sp³-hybridized carbons (Fsp3) is 0.909. The summed E-state index contributed by atoms with van der Waals surface area (Å²) in [5.41, 5.74) is -1.54. The fourth-order valence-electron chi connectivity index (χ4n) is 8.25. The summed E-state index contributed by atoms with van der Waals surface area (Å²) >= 11 is 0. The lowest BCUT2D eigenvalue weighted by Crippen LogP contribution is -2.68. The lowest BCUT2D eigenvalue weighted by atomic mass is 9.40. The van der Waals surface area contributed by atoms with E-state index in [0.29, 0.717) is 31.1 Å². The Balaban J connectivity index is 1.76. The van der Waals surface area contributed by atoms with Crippen LogP contribution < -0.4 is 0 Å². The van der Waals surface area contributed by atoms with Gasteiger partial charge in [-0.05, 0) is 68.1 Å². The first-order valence-corrected chi connectivity index (χ1v) is 10.5. The lowest BCUT2D eigenvalue weighted by molar-refractivity contribution is -0.250. The SMILES string of the molecule is CC(=O)[C@H]1CC[C@H]2[C@@H]3C[C@@H](C)[C@@]4(O)CC(=O)CC[C@]4(C)[C@H]3[C@H](O)C[C@]12C. The van der Waals surface area contributed by atoms with Crippen molar-refractivity contribution in [1.29, 1.82) is 0 Å². The molecule has 4 rings (SSSR count). The van der Waals surface area contributed by atoms with Crippen LogP contribution in [0.4, 0.5) is 0 Å². The molecule has 0 spiro atoms. The number of carbonyl (C=O) groups is 2. The molecular weight excluding hydrogens is 328 g/mol. The zero-order valence-corrected chi connectivity index (χ0v) is 16.6. The lowest BCUT2D eigenvalue weighted by Gasteiger charge is -2.66. The van der Waals surface area contributed by atoms with Gasteiger partial charge < -0.3 is 10.2 Å². The second kappa shape index (κ2) is 5.64. The first-order chi connectivity index (χ1) is 12.0. The molecule has 0 aromatic rings. The summed E-state index contributed by atoms with van der Waals surface area (Å²) < 4.78 is 0. The van der Waals surface area contributed by atoms with E-state index in [9.17, 15) is 19.8 Å². The molecule has 0 aromatic carbocycles. The van der Waals surface area contributed by atoms with E-state index in [4.69, 9.17) is 0 Å². The van der Waals surface area contributed by atoms with E-state index in [2.05, 4.69) is 20.8 Å². The minimum Gasteiger partial charge on any atom is -0.393 e. The Bertz CT molecular complexity index is 644. The van der Waals surface area contributed by atoms with Gasteiger partial charge in [-0.25, -0.2) is 0 Å². The highest BCUT2D eigenvalue weighted by molar-refractivity contribution is 5.81. The Labute approximate surface area is 156 Å². The van der Waals surface area contributed by atoms with Crippen LogP contribution >= 0.6 is 0 Å². The third-order valence-electron chi connectivity index (χ3n) is 9.50. The first-order valence-electron chi connectivity index (χ1n) is 10.5. The summed E-state index contributed by atoms with van der Waals surface area (Å²) in [4.78, 5) is 24.4. The van der Waals surface area contributed by atoms with Crippen LogP contribution in [0.1, 0.15) is 72.6 Å². The third kappa shape index (κ3) is 2.15. The molecule has 0 heterocycles. The van der Waals surface area contributed by atoms with E-state index in [1.165, 1.54) is 0 Å². The number of hydrogen-bond acceptors (Lipinski definition) is 4.